The van der Waals surface area contributed by atoms with Gasteiger partial charge in [0.15, 0.2) is 11.5 Å². The van der Waals surface area contributed by atoms with Crippen molar-refractivity contribution in [3.63, 3.8) is 0 Å². The minimum absolute atomic E-state index is 0.0261. The Labute approximate surface area is 176 Å². The first-order valence-electron chi connectivity index (χ1n) is 8.66. The molecule has 154 valence electrons. The van der Waals surface area contributed by atoms with Gasteiger partial charge < -0.3 is 14.8 Å². The van der Waals surface area contributed by atoms with Crippen LogP contribution < -0.4 is 14.8 Å². The van der Waals surface area contributed by atoms with Crippen LogP contribution in [0.1, 0.15) is 15.9 Å². The molecule has 0 aliphatic heterocycles. The number of methoxy groups -OCH3 is 1. The van der Waals surface area contributed by atoms with Gasteiger partial charge >= 0.3 is 5.69 Å². The number of nitro groups is 1. The number of hydrogen-bond acceptors (Lipinski definition) is 5. The average molecular weight is 431 g/mol. The molecule has 0 spiro atoms. The maximum Gasteiger partial charge on any atom is 0.313 e. The summed E-state index contributed by atoms with van der Waals surface area (Å²) in [6, 6.07) is 12.4. The highest BCUT2D eigenvalue weighted by Gasteiger charge is 2.19. The lowest BCUT2D eigenvalue weighted by atomic mass is 10.1. The highest BCUT2D eigenvalue weighted by atomic mass is 35.5. The van der Waals surface area contributed by atoms with E-state index in [2.05, 4.69) is 5.32 Å². The number of nitrogens with zero attached hydrogens (tertiary/aromatic N) is 1. The van der Waals surface area contributed by atoms with Gasteiger partial charge in [0, 0.05) is 22.3 Å². The quantitative estimate of drug-likeness (QED) is 0.397. The second-order valence-electron chi connectivity index (χ2n) is 6.25. The minimum Gasteiger partial charge on any atom is -0.493 e. The molecule has 7 nitrogen and oxygen atoms in total. The highest BCUT2D eigenvalue weighted by molar-refractivity contribution is 6.30. The molecular formula is C21H16ClFN2O5. The average Bonchev–Trinajstić information content (AvgIpc) is 2.71. The Hall–Kier alpha value is -3.65. The fourth-order valence-corrected chi connectivity index (χ4v) is 2.86. The Morgan fingerprint density at radius 1 is 1.07 bits per heavy atom. The first kappa shape index (κ1) is 21.1. The van der Waals surface area contributed by atoms with Gasteiger partial charge in [-0.3, -0.25) is 14.9 Å². The third-order valence-electron chi connectivity index (χ3n) is 4.20. The summed E-state index contributed by atoms with van der Waals surface area (Å²) >= 11 is 5.81. The van der Waals surface area contributed by atoms with E-state index in [4.69, 9.17) is 21.1 Å². The number of aryl methyl sites for hydroxylation is 1. The molecule has 1 N–H and O–H groups in total. The van der Waals surface area contributed by atoms with Gasteiger partial charge in [-0.1, -0.05) is 11.6 Å². The molecule has 0 radical (unpaired) electrons. The van der Waals surface area contributed by atoms with Crippen molar-refractivity contribution in [1.82, 2.24) is 0 Å². The van der Waals surface area contributed by atoms with Crippen molar-refractivity contribution in [2.75, 3.05) is 12.4 Å². The smallest absolute Gasteiger partial charge is 0.313 e. The fourth-order valence-electron chi connectivity index (χ4n) is 2.69. The van der Waals surface area contributed by atoms with E-state index in [1.54, 1.807) is 6.92 Å². The van der Waals surface area contributed by atoms with Crippen molar-refractivity contribution >= 4 is 28.9 Å². The van der Waals surface area contributed by atoms with Gasteiger partial charge in [-0.25, -0.2) is 4.39 Å². The lowest BCUT2D eigenvalue weighted by Gasteiger charge is -2.13. The van der Waals surface area contributed by atoms with Gasteiger partial charge in [0.05, 0.1) is 12.0 Å². The second-order valence-corrected chi connectivity index (χ2v) is 6.69. The third-order valence-corrected chi connectivity index (χ3v) is 4.44. The van der Waals surface area contributed by atoms with E-state index in [-0.39, 0.29) is 33.5 Å². The van der Waals surface area contributed by atoms with Crippen LogP contribution in [-0.4, -0.2) is 17.9 Å². The number of anilines is 1. The van der Waals surface area contributed by atoms with Gasteiger partial charge in [-0.2, -0.15) is 0 Å². The number of rotatable bonds is 6. The molecule has 0 aromatic heterocycles. The number of hydrogen-bond donors (Lipinski definition) is 1. The number of nitro benzene ring substituents is 1. The number of carbonyl (C=O) groups is 1. The number of nitrogens with one attached hydrogen (secondary N) is 1. The summed E-state index contributed by atoms with van der Waals surface area (Å²) in [4.78, 5) is 23.2. The predicted molar refractivity (Wildman–Crippen MR) is 110 cm³/mol. The zero-order valence-electron chi connectivity index (χ0n) is 15.9. The summed E-state index contributed by atoms with van der Waals surface area (Å²) in [5.41, 5.74) is 0.995. The van der Waals surface area contributed by atoms with Gasteiger partial charge in [0.1, 0.15) is 5.82 Å². The number of ether oxygens (including phenoxy) is 2. The highest BCUT2D eigenvalue weighted by Crippen LogP contribution is 2.38. The van der Waals surface area contributed by atoms with Crippen molar-refractivity contribution < 1.29 is 23.6 Å². The molecule has 3 aromatic rings. The van der Waals surface area contributed by atoms with E-state index in [0.717, 1.165) is 0 Å². The maximum absolute atomic E-state index is 13.2. The Balaban J connectivity index is 1.86. The van der Waals surface area contributed by atoms with E-state index in [9.17, 15) is 19.3 Å². The van der Waals surface area contributed by atoms with Crippen LogP contribution in [0.5, 0.6) is 17.2 Å². The van der Waals surface area contributed by atoms with Crippen molar-refractivity contribution in [1.29, 1.82) is 0 Å². The van der Waals surface area contributed by atoms with E-state index >= 15 is 0 Å². The molecule has 9 heteroatoms. The van der Waals surface area contributed by atoms with E-state index in [0.29, 0.717) is 11.3 Å². The molecule has 0 heterocycles. The number of halogens is 2. The van der Waals surface area contributed by atoms with Gasteiger partial charge in [0.25, 0.3) is 5.91 Å². The van der Waals surface area contributed by atoms with Crippen LogP contribution in [0.25, 0.3) is 0 Å². The largest absolute Gasteiger partial charge is 0.493 e. The first-order chi connectivity index (χ1) is 14.3. The lowest BCUT2D eigenvalue weighted by Crippen LogP contribution is -2.13. The Morgan fingerprint density at radius 3 is 2.47 bits per heavy atom. The van der Waals surface area contributed by atoms with Crippen molar-refractivity contribution in [3.8, 4) is 17.2 Å². The van der Waals surface area contributed by atoms with E-state index in [1.807, 2.05) is 0 Å². The van der Waals surface area contributed by atoms with Crippen LogP contribution in [0, 0.1) is 22.9 Å². The summed E-state index contributed by atoms with van der Waals surface area (Å²) in [7, 11) is 1.38. The van der Waals surface area contributed by atoms with Gasteiger partial charge in [-0.15, -0.1) is 0 Å². The molecule has 0 atom stereocenters. The van der Waals surface area contributed by atoms with Crippen LogP contribution in [0.4, 0.5) is 15.8 Å². The minimum atomic E-state index is -0.611. The zero-order chi connectivity index (χ0) is 21.8. The molecule has 0 bridgehead atoms. The summed E-state index contributed by atoms with van der Waals surface area (Å²) in [5, 5.41) is 14.1. The fraction of sp³-hybridized carbons (Fsp3) is 0.0952. The lowest BCUT2D eigenvalue weighted by molar-refractivity contribution is -0.385. The third kappa shape index (κ3) is 4.66. The Morgan fingerprint density at radius 2 is 1.80 bits per heavy atom. The van der Waals surface area contributed by atoms with Gasteiger partial charge in [0.2, 0.25) is 5.75 Å². The molecule has 0 aliphatic carbocycles. The standard InChI is InChI=1S/C21H16ClFN2O5/c1-12-9-15(23)5-6-16(12)24-21(26)13-3-7-19(20(10-13)29-2)30-18-8-4-14(22)11-17(18)25(27)28/h3-11H,1-2H3,(H,24,26). The molecule has 30 heavy (non-hydrogen) atoms. The molecule has 0 fully saturated rings. The Bertz CT molecular complexity index is 1140. The van der Waals surface area contributed by atoms with Crippen LogP contribution >= 0.6 is 11.6 Å². The van der Waals surface area contributed by atoms with Crippen molar-refractivity contribution in [2.24, 2.45) is 0 Å². The van der Waals surface area contributed by atoms with Crippen molar-refractivity contribution in [2.45, 2.75) is 6.92 Å². The Kier molecular flexibility index (Phi) is 6.17. The predicted octanol–water partition coefficient (Wildman–Crippen LogP) is 5.75. The summed E-state index contributed by atoms with van der Waals surface area (Å²) in [5.74, 6) is -0.487. The first-order valence-corrected chi connectivity index (χ1v) is 9.03. The molecule has 0 aliphatic rings. The molecular weight excluding hydrogens is 415 g/mol. The number of benzene rings is 3. The van der Waals surface area contributed by atoms with Crippen LogP contribution in [0.3, 0.4) is 0 Å². The van der Waals surface area contributed by atoms with E-state index < -0.39 is 16.6 Å². The summed E-state index contributed by atoms with van der Waals surface area (Å²) in [6.45, 7) is 1.68. The zero-order valence-corrected chi connectivity index (χ0v) is 16.7. The maximum atomic E-state index is 13.2. The van der Waals surface area contributed by atoms with Crippen LogP contribution in [0.2, 0.25) is 5.02 Å². The number of carbonyl (C=O) groups excluding carboxylic acids is 1. The molecule has 0 saturated heterocycles. The topological polar surface area (TPSA) is 90.7 Å². The van der Waals surface area contributed by atoms with Gasteiger partial charge in [-0.05, 0) is 61.0 Å². The molecule has 3 aromatic carbocycles. The molecule has 0 saturated carbocycles. The summed E-state index contributed by atoms with van der Waals surface area (Å²) < 4.78 is 24.1. The summed E-state index contributed by atoms with van der Waals surface area (Å²) in [6.07, 6.45) is 0. The SMILES string of the molecule is COc1cc(C(=O)Nc2ccc(F)cc2C)ccc1Oc1ccc(Cl)cc1[N+](=O)[O-]. The number of amides is 1. The van der Waals surface area contributed by atoms with Crippen LogP contribution in [-0.2, 0) is 0 Å². The van der Waals surface area contributed by atoms with Crippen molar-refractivity contribution in [3.05, 3.63) is 86.7 Å². The monoisotopic (exact) mass is 430 g/mol. The molecule has 0 unspecified atom stereocenters. The molecule has 3 rings (SSSR count). The van der Waals surface area contributed by atoms with E-state index in [1.165, 1.54) is 61.7 Å². The molecule has 1 amide bonds. The second kappa shape index (κ2) is 8.79. The normalized spacial score (nSPS) is 10.4. The van der Waals surface area contributed by atoms with Crippen LogP contribution in [0.15, 0.2) is 54.6 Å².